The fourth-order valence-corrected chi connectivity index (χ4v) is 4.78. The molecular formula is C32H40FNO3S. The molecule has 1 saturated carbocycles. The first-order chi connectivity index (χ1) is 18.2. The summed E-state index contributed by atoms with van der Waals surface area (Å²) in [5, 5.41) is 0. The summed E-state index contributed by atoms with van der Waals surface area (Å²) in [4.78, 5) is 27.8. The number of Topliss-reactive ketones (excluding diaryl/α,β-unsaturated/α-hetero) is 1. The standard InChI is InChI=1S/C16H22O2.C8H8FNO.C8H10S/c1-2-13-8-10-15(11-9-13)16(17)18-12-14-6-4-3-5-7-14;1-5-8(6(2)11)3-7(9)4-10-5;1-7-4-3-5-8(6-7)9-2/h3-7,13,15H,2,8-12H2,1H3;3-4H,1-2H3;3-6H,1-2H3. The average molecular weight is 538 g/mol. The number of aryl methyl sites for hydroxylation is 2. The van der Waals surface area contributed by atoms with Crippen LogP contribution in [-0.2, 0) is 16.1 Å². The highest BCUT2D eigenvalue weighted by molar-refractivity contribution is 7.98. The molecule has 1 aliphatic rings. The number of carbonyl (C=O) groups excluding carboxylic acids is 2. The van der Waals surface area contributed by atoms with Gasteiger partial charge in [-0.1, -0.05) is 61.4 Å². The van der Waals surface area contributed by atoms with E-state index in [4.69, 9.17) is 4.74 Å². The highest BCUT2D eigenvalue weighted by atomic mass is 32.2. The Kier molecular flexibility index (Phi) is 13.8. The van der Waals surface area contributed by atoms with Crippen LogP contribution in [0.2, 0.25) is 0 Å². The first kappa shape index (κ1) is 31.2. The first-order valence-electron chi connectivity index (χ1n) is 13.2. The van der Waals surface area contributed by atoms with E-state index in [1.165, 1.54) is 42.7 Å². The molecule has 0 N–H and O–H groups in total. The average Bonchev–Trinajstić information content (AvgIpc) is 2.94. The normalized spacial score (nSPS) is 16.3. The van der Waals surface area contributed by atoms with Crippen molar-refractivity contribution in [2.24, 2.45) is 11.8 Å². The maximum Gasteiger partial charge on any atom is 0.309 e. The molecule has 0 radical (unpaired) electrons. The quantitative estimate of drug-likeness (QED) is 0.179. The molecule has 204 valence electrons. The summed E-state index contributed by atoms with van der Waals surface area (Å²) in [6.07, 6.45) is 8.81. The van der Waals surface area contributed by atoms with Gasteiger partial charge >= 0.3 is 5.97 Å². The second-order valence-electron chi connectivity index (χ2n) is 9.58. The minimum Gasteiger partial charge on any atom is -0.461 e. The molecule has 0 spiro atoms. The number of rotatable bonds is 6. The summed E-state index contributed by atoms with van der Waals surface area (Å²) in [6, 6.07) is 19.6. The lowest BCUT2D eigenvalue weighted by atomic mass is 9.81. The zero-order valence-electron chi connectivity index (χ0n) is 23.2. The molecule has 2 aromatic carbocycles. The third kappa shape index (κ3) is 11.2. The lowest BCUT2D eigenvalue weighted by Crippen LogP contribution is -2.23. The predicted octanol–water partition coefficient (Wildman–Crippen LogP) is 8.39. The van der Waals surface area contributed by atoms with Crippen LogP contribution >= 0.6 is 11.8 Å². The number of nitrogens with zero attached hydrogens (tertiary/aromatic N) is 1. The summed E-state index contributed by atoms with van der Waals surface area (Å²) >= 11 is 1.78. The molecule has 1 aliphatic carbocycles. The monoisotopic (exact) mass is 537 g/mol. The molecule has 0 unspecified atom stereocenters. The number of halogens is 1. The number of pyridine rings is 1. The van der Waals surface area contributed by atoms with Crippen LogP contribution in [-0.4, -0.2) is 23.0 Å². The van der Waals surface area contributed by atoms with Gasteiger partial charge in [-0.25, -0.2) is 4.39 Å². The second-order valence-corrected chi connectivity index (χ2v) is 10.5. The van der Waals surface area contributed by atoms with Crippen molar-refractivity contribution in [3.8, 4) is 0 Å². The van der Waals surface area contributed by atoms with Crippen LogP contribution in [0.15, 0.2) is 71.8 Å². The van der Waals surface area contributed by atoms with Crippen LogP contribution in [0.4, 0.5) is 4.39 Å². The van der Waals surface area contributed by atoms with Gasteiger partial charge in [0, 0.05) is 16.2 Å². The van der Waals surface area contributed by atoms with Crippen molar-refractivity contribution in [3.63, 3.8) is 0 Å². The molecule has 4 nitrogen and oxygen atoms in total. The number of carbonyl (C=O) groups is 2. The zero-order valence-corrected chi connectivity index (χ0v) is 24.0. The van der Waals surface area contributed by atoms with Gasteiger partial charge in [0.1, 0.15) is 12.4 Å². The van der Waals surface area contributed by atoms with Gasteiger partial charge in [0.25, 0.3) is 0 Å². The molecule has 1 aromatic heterocycles. The highest BCUT2D eigenvalue weighted by Crippen LogP contribution is 2.31. The van der Waals surface area contributed by atoms with Crippen LogP contribution < -0.4 is 0 Å². The van der Waals surface area contributed by atoms with E-state index in [0.29, 0.717) is 17.9 Å². The van der Waals surface area contributed by atoms with Crippen molar-refractivity contribution in [3.05, 3.63) is 95.1 Å². The summed E-state index contributed by atoms with van der Waals surface area (Å²) in [5.41, 5.74) is 3.32. The van der Waals surface area contributed by atoms with Gasteiger partial charge in [0.15, 0.2) is 5.78 Å². The van der Waals surface area contributed by atoms with Gasteiger partial charge in [0.05, 0.1) is 12.1 Å². The summed E-state index contributed by atoms with van der Waals surface area (Å²) in [5.74, 6) is 0.323. The zero-order chi connectivity index (χ0) is 27.9. The van der Waals surface area contributed by atoms with Crippen molar-refractivity contribution in [2.75, 3.05) is 6.26 Å². The molecule has 1 fully saturated rings. The largest absolute Gasteiger partial charge is 0.461 e. The number of hydrogen-bond donors (Lipinski definition) is 0. The molecule has 3 aromatic rings. The molecule has 0 aliphatic heterocycles. The Hall–Kier alpha value is -2.99. The number of hydrogen-bond acceptors (Lipinski definition) is 5. The van der Waals surface area contributed by atoms with E-state index in [1.54, 1.807) is 18.7 Å². The molecule has 0 atom stereocenters. The Bertz CT molecular complexity index is 1140. The lowest BCUT2D eigenvalue weighted by molar-refractivity contribution is -0.151. The van der Waals surface area contributed by atoms with Crippen LogP contribution in [0, 0.1) is 31.5 Å². The Morgan fingerprint density at radius 1 is 1.00 bits per heavy atom. The van der Waals surface area contributed by atoms with Gasteiger partial charge in [-0.15, -0.1) is 11.8 Å². The number of aromatic nitrogens is 1. The van der Waals surface area contributed by atoms with Crippen molar-refractivity contribution in [1.29, 1.82) is 0 Å². The van der Waals surface area contributed by atoms with Gasteiger partial charge in [-0.3, -0.25) is 14.6 Å². The van der Waals surface area contributed by atoms with E-state index in [1.807, 2.05) is 30.3 Å². The van der Waals surface area contributed by atoms with Crippen molar-refractivity contribution in [2.45, 2.75) is 71.3 Å². The fourth-order valence-electron chi connectivity index (χ4n) is 4.26. The van der Waals surface area contributed by atoms with E-state index < -0.39 is 5.82 Å². The van der Waals surface area contributed by atoms with Crippen LogP contribution in [0.1, 0.15) is 73.1 Å². The molecular weight excluding hydrogens is 497 g/mol. The van der Waals surface area contributed by atoms with Crippen molar-refractivity contribution in [1.82, 2.24) is 4.98 Å². The van der Waals surface area contributed by atoms with E-state index >= 15 is 0 Å². The Balaban J connectivity index is 0.000000217. The minimum absolute atomic E-state index is 0.00611. The molecule has 6 heteroatoms. The second kappa shape index (κ2) is 16.8. The third-order valence-corrected chi connectivity index (χ3v) is 7.36. The molecule has 0 amide bonds. The van der Waals surface area contributed by atoms with E-state index in [0.717, 1.165) is 30.5 Å². The Morgan fingerprint density at radius 3 is 2.21 bits per heavy atom. The molecule has 1 heterocycles. The SMILES string of the molecule is CC(=O)c1cc(F)cnc1C.CCC1CCC(C(=O)OCc2ccccc2)CC1.CSc1cccc(C)c1. The van der Waals surface area contributed by atoms with Gasteiger partial charge in [-0.05, 0) is 82.4 Å². The molecule has 4 rings (SSSR count). The molecule has 0 saturated heterocycles. The summed E-state index contributed by atoms with van der Waals surface area (Å²) in [6.45, 7) is 7.82. The van der Waals surface area contributed by atoms with E-state index in [-0.39, 0.29) is 17.7 Å². The smallest absolute Gasteiger partial charge is 0.309 e. The predicted molar refractivity (Wildman–Crippen MR) is 154 cm³/mol. The van der Waals surface area contributed by atoms with E-state index in [9.17, 15) is 14.0 Å². The first-order valence-corrected chi connectivity index (χ1v) is 14.4. The number of thioether (sulfide) groups is 1. The number of ether oxygens (including phenoxy) is 1. The number of ketones is 1. The Morgan fingerprint density at radius 2 is 1.68 bits per heavy atom. The fraction of sp³-hybridized carbons (Fsp3) is 0.406. The minimum atomic E-state index is -0.471. The maximum absolute atomic E-state index is 12.5. The van der Waals surface area contributed by atoms with Gasteiger partial charge < -0.3 is 4.74 Å². The van der Waals surface area contributed by atoms with Crippen molar-refractivity contribution < 1.29 is 18.7 Å². The third-order valence-electron chi connectivity index (χ3n) is 6.64. The van der Waals surface area contributed by atoms with Gasteiger partial charge in [0.2, 0.25) is 0 Å². The topological polar surface area (TPSA) is 56.3 Å². The van der Waals surface area contributed by atoms with Crippen LogP contribution in [0.5, 0.6) is 0 Å². The Labute approximate surface area is 231 Å². The lowest BCUT2D eigenvalue weighted by Gasteiger charge is -2.26. The summed E-state index contributed by atoms with van der Waals surface area (Å²) < 4.78 is 17.9. The van der Waals surface area contributed by atoms with Crippen molar-refractivity contribution >= 4 is 23.5 Å². The van der Waals surface area contributed by atoms with E-state index in [2.05, 4.69) is 49.4 Å². The molecule has 38 heavy (non-hydrogen) atoms. The maximum atomic E-state index is 12.5. The summed E-state index contributed by atoms with van der Waals surface area (Å²) in [7, 11) is 0. The number of esters is 1. The molecule has 0 bridgehead atoms. The van der Waals surface area contributed by atoms with Crippen LogP contribution in [0.25, 0.3) is 0 Å². The van der Waals surface area contributed by atoms with Gasteiger partial charge in [-0.2, -0.15) is 0 Å². The van der Waals surface area contributed by atoms with Crippen LogP contribution in [0.3, 0.4) is 0 Å². The highest BCUT2D eigenvalue weighted by Gasteiger charge is 2.26. The number of benzene rings is 2.